The number of benzene rings is 1. The van der Waals surface area contributed by atoms with Gasteiger partial charge in [-0.05, 0) is 18.2 Å². The SMILES string of the molecule is COc1ccc(Oc2ncccc2CCl)cc1[N+](=O)[O-]. The molecule has 0 saturated carbocycles. The van der Waals surface area contributed by atoms with Gasteiger partial charge in [0.2, 0.25) is 5.88 Å². The van der Waals surface area contributed by atoms with Gasteiger partial charge in [-0.15, -0.1) is 11.6 Å². The molecule has 6 nitrogen and oxygen atoms in total. The first-order valence-corrected chi connectivity index (χ1v) is 6.19. The molecule has 2 rings (SSSR count). The predicted molar refractivity (Wildman–Crippen MR) is 73.5 cm³/mol. The van der Waals surface area contributed by atoms with E-state index >= 15 is 0 Å². The quantitative estimate of drug-likeness (QED) is 0.479. The number of rotatable bonds is 5. The fourth-order valence-corrected chi connectivity index (χ4v) is 1.81. The lowest BCUT2D eigenvalue weighted by molar-refractivity contribution is -0.385. The van der Waals surface area contributed by atoms with E-state index in [1.807, 2.05) is 0 Å². The van der Waals surface area contributed by atoms with Crippen LogP contribution in [0.25, 0.3) is 0 Å². The molecule has 1 aromatic carbocycles. The van der Waals surface area contributed by atoms with Crippen LogP contribution >= 0.6 is 11.6 Å². The molecule has 0 aliphatic carbocycles. The van der Waals surface area contributed by atoms with Crippen LogP contribution in [0, 0.1) is 10.1 Å². The summed E-state index contributed by atoms with van der Waals surface area (Å²) >= 11 is 5.78. The second-order valence-electron chi connectivity index (χ2n) is 3.79. The Kier molecular flexibility index (Phi) is 4.37. The summed E-state index contributed by atoms with van der Waals surface area (Å²) in [6.07, 6.45) is 1.56. The summed E-state index contributed by atoms with van der Waals surface area (Å²) in [6.45, 7) is 0. The third-order valence-corrected chi connectivity index (χ3v) is 2.84. The topological polar surface area (TPSA) is 74.5 Å². The van der Waals surface area contributed by atoms with Gasteiger partial charge < -0.3 is 9.47 Å². The minimum absolute atomic E-state index is 0.168. The lowest BCUT2D eigenvalue weighted by Crippen LogP contribution is -1.96. The summed E-state index contributed by atoms with van der Waals surface area (Å²) in [4.78, 5) is 14.5. The zero-order valence-electron chi connectivity index (χ0n) is 10.6. The molecule has 104 valence electrons. The maximum absolute atomic E-state index is 10.9. The van der Waals surface area contributed by atoms with Crippen molar-refractivity contribution in [2.45, 2.75) is 5.88 Å². The zero-order valence-corrected chi connectivity index (χ0v) is 11.3. The number of hydrogen-bond acceptors (Lipinski definition) is 5. The highest BCUT2D eigenvalue weighted by Crippen LogP contribution is 2.33. The lowest BCUT2D eigenvalue weighted by Gasteiger charge is -2.09. The van der Waals surface area contributed by atoms with Gasteiger partial charge in [-0.3, -0.25) is 10.1 Å². The largest absolute Gasteiger partial charge is 0.490 e. The zero-order chi connectivity index (χ0) is 14.5. The first-order chi connectivity index (χ1) is 9.65. The molecule has 0 N–H and O–H groups in total. The maximum Gasteiger partial charge on any atom is 0.314 e. The molecule has 0 atom stereocenters. The van der Waals surface area contributed by atoms with Gasteiger partial charge in [-0.2, -0.15) is 0 Å². The molecular weight excluding hydrogens is 284 g/mol. The number of nitro benzene ring substituents is 1. The minimum Gasteiger partial charge on any atom is -0.490 e. The summed E-state index contributed by atoms with van der Waals surface area (Å²) in [6, 6.07) is 7.83. The van der Waals surface area contributed by atoms with E-state index in [9.17, 15) is 10.1 Å². The van der Waals surface area contributed by atoms with Gasteiger partial charge in [0.25, 0.3) is 0 Å². The molecular formula is C13H11ClN2O4. The van der Waals surface area contributed by atoms with E-state index < -0.39 is 4.92 Å². The van der Waals surface area contributed by atoms with Crippen molar-refractivity contribution in [3.63, 3.8) is 0 Å². The maximum atomic E-state index is 10.9. The average molecular weight is 295 g/mol. The van der Waals surface area contributed by atoms with Crippen molar-refractivity contribution < 1.29 is 14.4 Å². The third-order valence-electron chi connectivity index (χ3n) is 2.56. The fraction of sp³-hybridized carbons (Fsp3) is 0.154. The number of ether oxygens (including phenoxy) is 2. The van der Waals surface area contributed by atoms with Gasteiger partial charge >= 0.3 is 5.69 Å². The first kappa shape index (κ1) is 14.1. The Morgan fingerprint density at radius 2 is 2.20 bits per heavy atom. The van der Waals surface area contributed by atoms with Crippen LogP contribution in [0.1, 0.15) is 5.56 Å². The molecule has 1 heterocycles. The summed E-state index contributed by atoms with van der Waals surface area (Å²) in [5, 5.41) is 10.9. The molecule has 0 radical (unpaired) electrons. The van der Waals surface area contributed by atoms with Crippen LogP contribution in [0.5, 0.6) is 17.4 Å². The van der Waals surface area contributed by atoms with E-state index in [1.165, 1.54) is 19.2 Å². The molecule has 2 aromatic rings. The normalized spacial score (nSPS) is 10.1. The van der Waals surface area contributed by atoms with Crippen LogP contribution < -0.4 is 9.47 Å². The Labute approximate surface area is 120 Å². The molecule has 0 spiro atoms. The van der Waals surface area contributed by atoms with Gasteiger partial charge in [0, 0.05) is 11.8 Å². The monoisotopic (exact) mass is 294 g/mol. The number of nitrogens with zero attached hydrogens (tertiary/aromatic N) is 2. The van der Waals surface area contributed by atoms with Gasteiger partial charge in [-0.25, -0.2) is 4.98 Å². The van der Waals surface area contributed by atoms with Gasteiger partial charge in [0.15, 0.2) is 5.75 Å². The van der Waals surface area contributed by atoms with Crippen LogP contribution in [0.2, 0.25) is 0 Å². The van der Waals surface area contributed by atoms with Crippen molar-refractivity contribution in [3.05, 3.63) is 52.2 Å². The molecule has 1 aromatic heterocycles. The smallest absolute Gasteiger partial charge is 0.314 e. The molecule has 0 aliphatic heterocycles. The number of pyridine rings is 1. The second-order valence-corrected chi connectivity index (χ2v) is 4.06. The Bertz CT molecular complexity index is 634. The van der Waals surface area contributed by atoms with Crippen molar-refractivity contribution in [2.75, 3.05) is 7.11 Å². The summed E-state index contributed by atoms with van der Waals surface area (Å²) in [5.41, 5.74) is 0.529. The van der Waals surface area contributed by atoms with Crippen molar-refractivity contribution >= 4 is 17.3 Å². The molecule has 0 amide bonds. The van der Waals surface area contributed by atoms with Crippen molar-refractivity contribution in [1.82, 2.24) is 4.98 Å². The predicted octanol–water partition coefficient (Wildman–Crippen LogP) is 3.53. The number of nitro groups is 1. The van der Waals surface area contributed by atoms with E-state index in [2.05, 4.69) is 4.98 Å². The number of aromatic nitrogens is 1. The summed E-state index contributed by atoms with van der Waals surface area (Å²) < 4.78 is 10.5. The number of halogens is 1. The van der Waals surface area contributed by atoms with Crippen molar-refractivity contribution in [1.29, 1.82) is 0 Å². The van der Waals surface area contributed by atoms with Crippen LogP contribution in [0.4, 0.5) is 5.69 Å². The highest BCUT2D eigenvalue weighted by Gasteiger charge is 2.16. The van der Waals surface area contributed by atoms with Crippen LogP contribution in [0.3, 0.4) is 0 Å². The number of alkyl halides is 1. The first-order valence-electron chi connectivity index (χ1n) is 5.66. The van der Waals surface area contributed by atoms with E-state index in [0.717, 1.165) is 0 Å². The van der Waals surface area contributed by atoms with E-state index in [0.29, 0.717) is 17.2 Å². The molecule has 7 heteroatoms. The van der Waals surface area contributed by atoms with E-state index in [4.69, 9.17) is 21.1 Å². The van der Waals surface area contributed by atoms with Crippen LogP contribution in [0.15, 0.2) is 36.5 Å². The van der Waals surface area contributed by atoms with Crippen molar-refractivity contribution in [2.24, 2.45) is 0 Å². The van der Waals surface area contributed by atoms with Crippen LogP contribution in [-0.2, 0) is 5.88 Å². The second kappa shape index (κ2) is 6.21. The van der Waals surface area contributed by atoms with Gasteiger partial charge in [0.05, 0.1) is 24.0 Å². The van der Waals surface area contributed by atoms with Gasteiger partial charge in [0.1, 0.15) is 5.75 Å². The van der Waals surface area contributed by atoms with E-state index in [-0.39, 0.29) is 17.3 Å². The van der Waals surface area contributed by atoms with Crippen LogP contribution in [-0.4, -0.2) is 17.0 Å². The average Bonchev–Trinajstić information content (AvgIpc) is 2.47. The fourth-order valence-electron chi connectivity index (χ4n) is 1.61. The molecule has 0 fully saturated rings. The highest BCUT2D eigenvalue weighted by molar-refractivity contribution is 6.17. The minimum atomic E-state index is -0.535. The Balaban J connectivity index is 2.34. The van der Waals surface area contributed by atoms with Crippen molar-refractivity contribution in [3.8, 4) is 17.4 Å². The molecule has 0 aliphatic rings. The standard InChI is InChI=1S/C13H11ClN2O4/c1-19-12-5-4-10(7-11(12)16(17)18)20-13-9(8-14)3-2-6-15-13/h2-7H,8H2,1H3. The highest BCUT2D eigenvalue weighted by atomic mass is 35.5. The van der Waals surface area contributed by atoms with Gasteiger partial charge in [-0.1, -0.05) is 6.07 Å². The van der Waals surface area contributed by atoms with E-state index in [1.54, 1.807) is 24.4 Å². The molecule has 0 saturated heterocycles. The Hall–Kier alpha value is -2.34. The third kappa shape index (κ3) is 2.97. The summed E-state index contributed by atoms with van der Waals surface area (Å²) in [5.74, 6) is 1.02. The molecule has 0 bridgehead atoms. The number of methoxy groups -OCH3 is 1. The summed E-state index contributed by atoms with van der Waals surface area (Å²) in [7, 11) is 1.37. The Morgan fingerprint density at radius 1 is 1.40 bits per heavy atom. The molecule has 20 heavy (non-hydrogen) atoms. The Morgan fingerprint density at radius 3 is 2.85 bits per heavy atom. The lowest BCUT2D eigenvalue weighted by atomic mass is 10.2. The molecule has 0 unspecified atom stereocenters. The number of hydrogen-bond donors (Lipinski definition) is 0.